The van der Waals surface area contributed by atoms with Crippen LogP contribution in [0.15, 0.2) is 199 Å². The quantitative estimate of drug-likeness (QED) is 0.164. The van der Waals surface area contributed by atoms with Crippen molar-refractivity contribution in [2.75, 3.05) is 0 Å². The van der Waals surface area contributed by atoms with E-state index >= 15 is 0 Å². The number of rotatable bonds is 4. The van der Waals surface area contributed by atoms with Crippen LogP contribution in [0.25, 0.3) is 119 Å². The van der Waals surface area contributed by atoms with Crippen LogP contribution in [0.2, 0.25) is 0 Å². The van der Waals surface area contributed by atoms with Crippen LogP contribution in [-0.4, -0.2) is 8.97 Å². The second-order valence-corrected chi connectivity index (χ2v) is 16.7. The number of fused-ring (bicyclic) bond motifs is 11. The van der Waals surface area contributed by atoms with Crippen molar-refractivity contribution in [2.24, 2.45) is 0 Å². The molecule has 4 heteroatoms. The molecule has 0 aliphatic heterocycles. The van der Waals surface area contributed by atoms with E-state index in [4.69, 9.17) is 0 Å². The third kappa shape index (κ3) is 4.66. The summed E-state index contributed by atoms with van der Waals surface area (Å²) in [5.74, 6) is 0. The molecule has 0 saturated heterocycles. The first kappa shape index (κ1) is 32.5. The van der Waals surface area contributed by atoms with E-state index in [1.165, 1.54) is 69.8 Å². The van der Waals surface area contributed by atoms with E-state index in [0.29, 0.717) is 0 Å². The standard InChI is InChI=1S/C55H32N2OS/c58-55-45-17-5-4-15-40(45)43-19-9-20-44-42-26-23-37(31-50(42)57(55)54(43)44)39-18-10-22-52-53(39)47-32-38(25-28-51(47)59-52)56-48-21-7-6-16-41(48)46-30-36(24-27-49(46)56)35-14-8-13-34(29-35)33-11-2-1-3-12-33/h1-32H. The van der Waals surface area contributed by atoms with Crippen LogP contribution in [-0.2, 0) is 0 Å². The summed E-state index contributed by atoms with van der Waals surface area (Å²) in [5, 5.41) is 9.98. The molecule has 13 aromatic rings. The maximum Gasteiger partial charge on any atom is 0.263 e. The van der Waals surface area contributed by atoms with E-state index < -0.39 is 0 Å². The molecule has 4 aromatic heterocycles. The van der Waals surface area contributed by atoms with Crippen LogP contribution in [0, 0.1) is 0 Å². The van der Waals surface area contributed by atoms with Gasteiger partial charge in [-0.3, -0.25) is 9.20 Å². The Hall–Kier alpha value is -7.53. The summed E-state index contributed by atoms with van der Waals surface area (Å²) in [6.07, 6.45) is 0. The molecule has 0 atom stereocenters. The van der Waals surface area contributed by atoms with Crippen LogP contribution < -0.4 is 5.56 Å². The van der Waals surface area contributed by atoms with Gasteiger partial charge in [0.1, 0.15) is 0 Å². The van der Waals surface area contributed by atoms with E-state index in [2.05, 4.69) is 180 Å². The number of hydrogen-bond acceptors (Lipinski definition) is 2. The molecule has 4 heterocycles. The van der Waals surface area contributed by atoms with Crippen LogP contribution in [0.4, 0.5) is 0 Å². The van der Waals surface area contributed by atoms with Gasteiger partial charge in [-0.15, -0.1) is 11.3 Å². The van der Waals surface area contributed by atoms with Gasteiger partial charge in [0.2, 0.25) is 0 Å². The number of nitrogens with zero attached hydrogens (tertiary/aromatic N) is 2. The fourth-order valence-corrected chi connectivity index (χ4v) is 10.9. The second-order valence-electron chi connectivity index (χ2n) is 15.6. The average Bonchev–Trinajstić information content (AvgIpc) is 3.96. The molecular formula is C55H32N2OS. The molecule has 59 heavy (non-hydrogen) atoms. The zero-order valence-electron chi connectivity index (χ0n) is 31.7. The predicted octanol–water partition coefficient (Wildman–Crippen LogP) is 14.7. The van der Waals surface area contributed by atoms with Crippen LogP contribution in [0.3, 0.4) is 0 Å². The van der Waals surface area contributed by atoms with Crippen LogP contribution in [0.5, 0.6) is 0 Å². The highest BCUT2D eigenvalue weighted by Gasteiger charge is 2.20. The van der Waals surface area contributed by atoms with Gasteiger partial charge >= 0.3 is 0 Å². The van der Waals surface area contributed by atoms with Crippen LogP contribution >= 0.6 is 11.3 Å². The summed E-state index contributed by atoms with van der Waals surface area (Å²) in [7, 11) is 0. The maximum absolute atomic E-state index is 14.2. The Balaban J connectivity index is 0.997. The van der Waals surface area contributed by atoms with Gasteiger partial charge in [-0.1, -0.05) is 133 Å². The fraction of sp³-hybridized carbons (Fsp3) is 0. The largest absolute Gasteiger partial charge is 0.309 e. The third-order valence-electron chi connectivity index (χ3n) is 12.5. The molecule has 0 spiro atoms. The van der Waals surface area contributed by atoms with Gasteiger partial charge in [-0.05, 0) is 99.4 Å². The van der Waals surface area contributed by atoms with Crippen molar-refractivity contribution in [3.05, 3.63) is 204 Å². The lowest BCUT2D eigenvalue weighted by Crippen LogP contribution is -2.12. The third-order valence-corrected chi connectivity index (χ3v) is 13.6. The Morgan fingerprint density at radius 3 is 1.88 bits per heavy atom. The van der Waals surface area contributed by atoms with Crippen molar-refractivity contribution in [3.8, 4) is 39.1 Å². The normalized spacial score (nSPS) is 12.1. The Bertz CT molecular complexity index is 3930. The molecule has 274 valence electrons. The predicted molar refractivity (Wildman–Crippen MR) is 251 cm³/mol. The number of pyridine rings is 1. The Morgan fingerprint density at radius 2 is 1.00 bits per heavy atom. The smallest absolute Gasteiger partial charge is 0.263 e. The van der Waals surface area contributed by atoms with Crippen molar-refractivity contribution in [1.29, 1.82) is 0 Å². The van der Waals surface area contributed by atoms with Gasteiger partial charge in [-0.25, -0.2) is 0 Å². The summed E-state index contributed by atoms with van der Waals surface area (Å²) < 4.78 is 6.86. The molecule has 0 bridgehead atoms. The molecule has 0 radical (unpaired) electrons. The van der Waals surface area contributed by atoms with Crippen molar-refractivity contribution in [2.45, 2.75) is 0 Å². The minimum Gasteiger partial charge on any atom is -0.309 e. The van der Waals surface area contributed by atoms with Gasteiger partial charge in [0.05, 0.1) is 22.1 Å². The SMILES string of the molecule is O=c1c2ccccc2c2cccc3c4ccc(-c5cccc6sc7ccc(-n8c9ccccc9c9cc(-c%10cccc(-c%11ccccc%11)c%10)ccc98)cc7c56)cc4n1c23. The zero-order valence-corrected chi connectivity index (χ0v) is 32.5. The van der Waals surface area contributed by atoms with Crippen molar-refractivity contribution < 1.29 is 0 Å². The first-order valence-electron chi connectivity index (χ1n) is 20.0. The Labute approximate surface area is 342 Å². The van der Waals surface area contributed by atoms with Crippen molar-refractivity contribution >= 4 is 91.3 Å². The van der Waals surface area contributed by atoms with E-state index in [1.54, 1.807) is 0 Å². The average molecular weight is 769 g/mol. The lowest BCUT2D eigenvalue weighted by Gasteiger charge is -2.10. The second kappa shape index (κ2) is 12.2. The number of para-hydroxylation sites is 2. The summed E-state index contributed by atoms with van der Waals surface area (Å²) in [6.45, 7) is 0. The molecule has 0 aliphatic rings. The van der Waals surface area contributed by atoms with Crippen LogP contribution in [0.1, 0.15) is 0 Å². The number of aromatic nitrogens is 2. The summed E-state index contributed by atoms with van der Waals surface area (Å²) in [5.41, 5.74) is 12.6. The monoisotopic (exact) mass is 768 g/mol. The van der Waals surface area contributed by atoms with Crippen molar-refractivity contribution in [3.63, 3.8) is 0 Å². The lowest BCUT2D eigenvalue weighted by molar-refractivity contribution is 1.19. The molecule has 9 aromatic carbocycles. The molecule has 13 rings (SSSR count). The number of benzene rings is 9. The summed E-state index contributed by atoms with van der Waals surface area (Å²) >= 11 is 1.83. The first-order chi connectivity index (χ1) is 29.2. The highest BCUT2D eigenvalue weighted by molar-refractivity contribution is 7.26. The summed E-state index contributed by atoms with van der Waals surface area (Å²) in [6, 6.07) is 69.7. The van der Waals surface area contributed by atoms with Gasteiger partial charge in [0, 0.05) is 58.2 Å². The molecule has 0 aliphatic carbocycles. The van der Waals surface area contributed by atoms with Crippen molar-refractivity contribution in [1.82, 2.24) is 8.97 Å². The maximum atomic E-state index is 14.2. The molecule has 0 N–H and O–H groups in total. The topological polar surface area (TPSA) is 26.4 Å². The number of hydrogen-bond donors (Lipinski definition) is 0. The van der Waals surface area contributed by atoms with E-state index in [-0.39, 0.29) is 5.56 Å². The molecule has 3 nitrogen and oxygen atoms in total. The van der Waals surface area contributed by atoms with Gasteiger partial charge in [0.25, 0.3) is 5.56 Å². The number of thiophene rings is 1. The Kier molecular flexibility index (Phi) is 6.75. The minimum absolute atomic E-state index is 0.0271. The highest BCUT2D eigenvalue weighted by Crippen LogP contribution is 2.44. The van der Waals surface area contributed by atoms with Gasteiger partial charge in [-0.2, -0.15) is 0 Å². The minimum atomic E-state index is 0.0271. The molecule has 0 saturated carbocycles. The molecular weight excluding hydrogens is 737 g/mol. The van der Waals surface area contributed by atoms with Gasteiger partial charge in [0.15, 0.2) is 0 Å². The fourth-order valence-electron chi connectivity index (χ4n) is 9.82. The molecule has 0 amide bonds. The summed E-state index contributed by atoms with van der Waals surface area (Å²) in [4.78, 5) is 14.2. The van der Waals surface area contributed by atoms with E-state index in [9.17, 15) is 4.79 Å². The van der Waals surface area contributed by atoms with E-state index in [0.717, 1.165) is 49.2 Å². The lowest BCUT2D eigenvalue weighted by atomic mass is 9.98. The molecule has 0 unspecified atom stereocenters. The highest BCUT2D eigenvalue weighted by atomic mass is 32.1. The first-order valence-corrected chi connectivity index (χ1v) is 20.9. The van der Waals surface area contributed by atoms with Gasteiger partial charge < -0.3 is 4.57 Å². The zero-order chi connectivity index (χ0) is 38.8. The van der Waals surface area contributed by atoms with E-state index in [1.807, 2.05) is 33.9 Å². The Morgan fingerprint density at radius 1 is 0.356 bits per heavy atom. The molecule has 0 fully saturated rings.